The fourth-order valence-electron chi connectivity index (χ4n) is 2.28. The average Bonchev–Trinajstić information content (AvgIpc) is 2.76. The Morgan fingerprint density at radius 3 is 0.500 bits per heavy atom. The van der Waals surface area contributed by atoms with Crippen LogP contribution in [0.3, 0.4) is 0 Å². The summed E-state index contributed by atoms with van der Waals surface area (Å²) < 4.78 is 0. The molecule has 0 bridgehead atoms. The minimum atomic E-state index is -0.167. The quantitative estimate of drug-likeness (QED) is 0.0647. The molecule has 0 radical (unpaired) electrons. The Labute approximate surface area is 242 Å². The smallest absolute Gasteiger partial charge is 0.0558 e. The van der Waals surface area contributed by atoms with Crippen LogP contribution in [0.5, 0.6) is 0 Å². The van der Waals surface area contributed by atoms with Crippen molar-refractivity contribution in [2.75, 3.05) is 118 Å². The predicted octanol–water partition coefficient (Wildman–Crippen LogP) is -7.29. The monoisotopic (exact) mass is 609 g/mol. The molecule has 0 atom stereocenters. The van der Waals surface area contributed by atoms with Crippen molar-refractivity contribution in [3.8, 4) is 0 Å². The summed E-state index contributed by atoms with van der Waals surface area (Å²) in [5.74, 6) is 0. The Hall–Kier alpha value is 0.0743. The van der Waals surface area contributed by atoms with Crippen LogP contribution in [0.1, 0.15) is 13.8 Å². The largest absolute Gasteiger partial charge is 0.412 e. The van der Waals surface area contributed by atoms with Gasteiger partial charge in [-0.2, -0.15) is 0 Å². The van der Waals surface area contributed by atoms with Gasteiger partial charge in [0.1, 0.15) is 0 Å². The van der Waals surface area contributed by atoms with Crippen molar-refractivity contribution in [3.63, 3.8) is 0 Å². The summed E-state index contributed by atoms with van der Waals surface area (Å²) in [6, 6.07) is 0. The van der Waals surface area contributed by atoms with E-state index in [1.807, 2.05) is 0 Å². The number of hydrogen-bond donors (Lipinski definition) is 10. The Kier molecular flexibility index (Phi) is 81.2. The molecule has 0 aliphatic heterocycles. The second-order valence-electron chi connectivity index (χ2n) is 7.13. The van der Waals surface area contributed by atoms with Gasteiger partial charge in [-0.1, -0.05) is 0 Å². The Morgan fingerprint density at radius 1 is 0.368 bits per heavy atom. The van der Waals surface area contributed by atoms with Crippen LogP contribution in [0, 0.1) is 0 Å². The van der Waals surface area contributed by atoms with Gasteiger partial charge < -0.3 is 67.5 Å². The van der Waals surface area contributed by atoms with Crippen LogP contribution in [0.15, 0.2) is 0 Å². The molecular weight excluding hydrogens is 550 g/mol. The van der Waals surface area contributed by atoms with E-state index in [2.05, 4.69) is 0 Å². The third-order valence-corrected chi connectivity index (χ3v) is 3.75. The molecule has 0 fully saturated rings. The second kappa shape index (κ2) is 53.3. The number of hydrogen-bond acceptors (Lipinski definition) is 13. The van der Waals surface area contributed by atoms with Crippen LogP contribution in [-0.4, -0.2) is 207 Å². The van der Waals surface area contributed by atoms with Gasteiger partial charge in [0.25, 0.3) is 0 Å². The molecule has 0 unspecified atom stereocenters. The van der Waals surface area contributed by atoms with E-state index in [1.165, 1.54) is 0 Å². The molecule has 240 valence electrons. The van der Waals surface area contributed by atoms with Gasteiger partial charge in [-0.3, -0.25) is 14.7 Å². The summed E-state index contributed by atoms with van der Waals surface area (Å²) in [5, 5.41) is 84.4. The first-order valence-corrected chi connectivity index (χ1v) is 11.6. The topological polar surface area (TPSA) is 307 Å². The summed E-state index contributed by atoms with van der Waals surface area (Å²) in [4.78, 5) is 5.38. The average molecular weight is 610 g/mol. The van der Waals surface area contributed by atoms with Gasteiger partial charge in [0.2, 0.25) is 0 Å². The number of aliphatic hydroxyl groups excluding tert-OH is 10. The summed E-state index contributed by atoms with van der Waals surface area (Å²) >= 11 is 0. The van der Waals surface area contributed by atoms with Crippen LogP contribution in [0.2, 0.25) is 0 Å². The molecule has 0 aliphatic rings. The molecule has 16 N–H and O–H groups in total. The van der Waals surface area contributed by atoms with E-state index in [-0.39, 0.29) is 104 Å². The zero-order chi connectivity index (χ0) is 27.0. The molecule has 0 aromatic carbocycles. The number of nitrogens with zero attached hydrogens (tertiary/aromatic N) is 3. The summed E-state index contributed by atoms with van der Waals surface area (Å²) in [6.45, 7) is 8.70. The summed E-state index contributed by atoms with van der Waals surface area (Å²) in [7, 11) is 0. The first-order valence-electron chi connectivity index (χ1n) is 11.6. The molecule has 0 saturated carbocycles. The summed E-state index contributed by atoms with van der Waals surface area (Å²) in [6.07, 6.45) is -0.167. The fourth-order valence-corrected chi connectivity index (χ4v) is 2.28. The van der Waals surface area contributed by atoms with Gasteiger partial charge in [0, 0.05) is 86.7 Å². The van der Waals surface area contributed by atoms with Gasteiger partial charge in [-0.05, 0) is 13.8 Å². The van der Waals surface area contributed by atoms with Crippen LogP contribution in [0.25, 0.3) is 0 Å². The van der Waals surface area contributed by atoms with Gasteiger partial charge in [0.15, 0.2) is 0 Å². The molecular formula is C21H59N3O13Ti. The van der Waals surface area contributed by atoms with E-state index in [1.54, 1.807) is 28.5 Å². The number of aliphatic hydroxyl groups is 10. The van der Waals surface area contributed by atoms with E-state index in [9.17, 15) is 0 Å². The Bertz CT molecular complexity index is 258. The maximum atomic E-state index is 8.48. The van der Waals surface area contributed by atoms with Crippen LogP contribution in [0.4, 0.5) is 0 Å². The maximum Gasteiger partial charge on any atom is 0.0558 e. The van der Waals surface area contributed by atoms with Crippen LogP contribution in [-0.2, 0) is 21.7 Å². The molecule has 0 heterocycles. The zero-order valence-electron chi connectivity index (χ0n) is 23.1. The molecule has 16 nitrogen and oxygen atoms in total. The second-order valence-corrected chi connectivity index (χ2v) is 7.13. The fraction of sp³-hybridized carbons (Fsp3) is 1.00. The molecule has 0 aromatic rings. The van der Waals surface area contributed by atoms with Crippen molar-refractivity contribution in [1.82, 2.24) is 14.7 Å². The number of rotatable bonds is 18. The van der Waals surface area contributed by atoms with Crippen molar-refractivity contribution in [2.24, 2.45) is 0 Å². The van der Waals surface area contributed by atoms with Gasteiger partial charge >= 0.3 is 0 Å². The SMILES string of the molecule is CC(C)O.O.O.O.OCCN(CCO)CCO.OCCN(CCO)CCO.OCCN(CCO)CCO.[Ti]. The van der Waals surface area contributed by atoms with E-state index < -0.39 is 0 Å². The Morgan fingerprint density at radius 2 is 0.447 bits per heavy atom. The zero-order valence-corrected chi connectivity index (χ0v) is 24.7. The van der Waals surface area contributed by atoms with Crippen molar-refractivity contribution in [2.45, 2.75) is 20.0 Å². The normalized spacial score (nSPS) is 9.47. The van der Waals surface area contributed by atoms with E-state index in [4.69, 9.17) is 51.1 Å². The molecule has 0 amide bonds. The molecule has 0 spiro atoms. The van der Waals surface area contributed by atoms with Crippen molar-refractivity contribution in [3.05, 3.63) is 0 Å². The van der Waals surface area contributed by atoms with Gasteiger partial charge in [-0.25, -0.2) is 0 Å². The third-order valence-electron chi connectivity index (χ3n) is 3.75. The van der Waals surface area contributed by atoms with Crippen LogP contribution >= 0.6 is 0 Å². The minimum Gasteiger partial charge on any atom is -0.412 e. The van der Waals surface area contributed by atoms with E-state index in [0.29, 0.717) is 58.9 Å². The molecule has 0 saturated heterocycles. The minimum absolute atomic E-state index is 0. The molecule has 0 rings (SSSR count). The molecule has 38 heavy (non-hydrogen) atoms. The van der Waals surface area contributed by atoms with Gasteiger partial charge in [0.05, 0.1) is 59.5 Å². The molecule has 0 aliphatic carbocycles. The maximum absolute atomic E-state index is 8.48. The van der Waals surface area contributed by atoms with Crippen molar-refractivity contribution in [1.29, 1.82) is 0 Å². The molecule has 0 aromatic heterocycles. The van der Waals surface area contributed by atoms with Crippen LogP contribution < -0.4 is 0 Å². The third kappa shape index (κ3) is 60.5. The van der Waals surface area contributed by atoms with Crippen molar-refractivity contribution >= 4 is 0 Å². The summed E-state index contributed by atoms with van der Waals surface area (Å²) in [5.41, 5.74) is 0. The Balaban J connectivity index is -0.0000000526. The predicted molar refractivity (Wildman–Crippen MR) is 141 cm³/mol. The molecule has 17 heteroatoms. The van der Waals surface area contributed by atoms with E-state index in [0.717, 1.165) is 0 Å². The van der Waals surface area contributed by atoms with E-state index >= 15 is 0 Å². The first-order chi connectivity index (χ1) is 16.3. The van der Waals surface area contributed by atoms with Crippen molar-refractivity contribution < 1.29 is 89.2 Å². The van der Waals surface area contributed by atoms with Gasteiger partial charge in [-0.15, -0.1) is 0 Å². The standard InChI is InChI=1S/3C6H15NO3.C3H8O.3H2O.Ti/c3*8-4-1-7(2-5-9)3-6-10;1-3(2)4;;;;/h3*8-10H,1-6H2;3-4H,1-2H3;3*1H2;. The first kappa shape index (κ1) is 57.9.